The lowest BCUT2D eigenvalue weighted by molar-refractivity contribution is -0.140. The molecule has 3 rings (SSSR count). The van der Waals surface area contributed by atoms with Crippen LogP contribution in [0.1, 0.15) is 46.5 Å². The fourth-order valence-electron chi connectivity index (χ4n) is 3.53. The van der Waals surface area contributed by atoms with E-state index in [0.29, 0.717) is 0 Å². The number of allylic oxidation sites excluding steroid dienone is 2. The van der Waals surface area contributed by atoms with E-state index in [2.05, 4.69) is 0 Å². The van der Waals surface area contributed by atoms with E-state index in [-0.39, 0.29) is 34.6 Å². The Bertz CT molecular complexity index is 1150. The molecule has 0 fully saturated rings. The van der Waals surface area contributed by atoms with Gasteiger partial charge in [-0.1, -0.05) is 42.0 Å². The molecule has 0 bridgehead atoms. The fraction of sp³-hybridized carbons (Fsp3) is 0.222. The van der Waals surface area contributed by atoms with Crippen LogP contribution in [0, 0.1) is 0 Å². The Kier molecular flexibility index (Phi) is 7.61. The molecule has 0 saturated heterocycles. The monoisotopic (exact) mass is 446 g/mol. The minimum atomic E-state index is -0.937. The van der Waals surface area contributed by atoms with E-state index in [0.717, 1.165) is 11.1 Å². The molecule has 6 heteroatoms. The van der Waals surface area contributed by atoms with E-state index >= 15 is 0 Å². The molecule has 0 radical (unpaired) electrons. The van der Waals surface area contributed by atoms with Crippen molar-refractivity contribution in [1.82, 2.24) is 0 Å². The molecule has 170 valence electrons. The Morgan fingerprint density at radius 2 is 1.58 bits per heavy atom. The molecule has 1 aliphatic carbocycles. The fourth-order valence-corrected chi connectivity index (χ4v) is 3.53. The van der Waals surface area contributed by atoms with Gasteiger partial charge in [0, 0.05) is 18.1 Å². The largest absolute Gasteiger partial charge is 0.496 e. The Hall–Kier alpha value is -3.93. The van der Waals surface area contributed by atoms with Crippen LogP contribution in [-0.4, -0.2) is 37.9 Å². The molecular formula is C27H26O6. The standard InChI is InChI=1S/C27H26O6/c1-17(2)10-12-21(33-24(29)15-11-18-8-6-5-7-9-18)19-16-20(28)25-22(31-3)13-14-23(32-4)26(25)27(19)30/h5-11,13-16,21H,12H2,1-4H3/b15-11+/t21-/m1/s1. The number of ketones is 2. The number of methoxy groups -OCH3 is 2. The highest BCUT2D eigenvalue weighted by atomic mass is 16.5. The second-order valence-corrected chi connectivity index (χ2v) is 7.70. The van der Waals surface area contributed by atoms with Gasteiger partial charge in [-0.05, 0) is 43.7 Å². The second-order valence-electron chi connectivity index (χ2n) is 7.70. The third-order valence-electron chi connectivity index (χ3n) is 5.15. The first-order valence-electron chi connectivity index (χ1n) is 10.5. The van der Waals surface area contributed by atoms with E-state index < -0.39 is 23.6 Å². The van der Waals surface area contributed by atoms with Gasteiger partial charge in [-0.15, -0.1) is 0 Å². The lowest BCUT2D eigenvalue weighted by Crippen LogP contribution is -2.29. The van der Waals surface area contributed by atoms with Gasteiger partial charge in [0.1, 0.15) is 17.6 Å². The Morgan fingerprint density at radius 3 is 2.18 bits per heavy atom. The molecular weight excluding hydrogens is 420 g/mol. The molecule has 6 nitrogen and oxygen atoms in total. The number of hydrogen-bond acceptors (Lipinski definition) is 6. The first kappa shape index (κ1) is 23.7. The molecule has 0 heterocycles. The van der Waals surface area contributed by atoms with Crippen LogP contribution >= 0.6 is 0 Å². The number of fused-ring (bicyclic) bond motifs is 1. The van der Waals surface area contributed by atoms with Crippen molar-refractivity contribution in [1.29, 1.82) is 0 Å². The molecule has 0 spiro atoms. The SMILES string of the molecule is COc1ccc(OC)c2c1C(=O)C=C([C@@H](CC=C(C)C)OC(=O)/C=C/c1ccccc1)C2=O. The van der Waals surface area contributed by atoms with E-state index in [9.17, 15) is 14.4 Å². The second kappa shape index (κ2) is 10.6. The van der Waals surface area contributed by atoms with Gasteiger partial charge in [0.2, 0.25) is 0 Å². The Morgan fingerprint density at radius 1 is 0.939 bits per heavy atom. The van der Waals surface area contributed by atoms with Crippen LogP contribution in [0.3, 0.4) is 0 Å². The van der Waals surface area contributed by atoms with Crippen molar-refractivity contribution in [2.45, 2.75) is 26.4 Å². The van der Waals surface area contributed by atoms with Crippen LogP contribution in [0.25, 0.3) is 6.08 Å². The first-order chi connectivity index (χ1) is 15.8. The zero-order valence-electron chi connectivity index (χ0n) is 19.1. The Balaban J connectivity index is 1.96. The van der Waals surface area contributed by atoms with Crippen LogP contribution < -0.4 is 9.47 Å². The third-order valence-corrected chi connectivity index (χ3v) is 5.15. The highest BCUT2D eigenvalue weighted by Crippen LogP contribution is 2.37. The maximum atomic E-state index is 13.5. The van der Waals surface area contributed by atoms with E-state index in [1.807, 2.05) is 50.3 Å². The lowest BCUT2D eigenvalue weighted by atomic mass is 9.85. The van der Waals surface area contributed by atoms with Crippen LogP contribution in [0.4, 0.5) is 0 Å². The molecule has 2 aromatic carbocycles. The van der Waals surface area contributed by atoms with Crippen molar-refractivity contribution in [2.75, 3.05) is 14.2 Å². The zero-order chi connectivity index (χ0) is 24.0. The summed E-state index contributed by atoms with van der Waals surface area (Å²) in [4.78, 5) is 39.0. The maximum Gasteiger partial charge on any atom is 0.331 e. The number of benzene rings is 2. The van der Waals surface area contributed by atoms with Crippen molar-refractivity contribution in [3.8, 4) is 11.5 Å². The molecule has 2 aromatic rings. The van der Waals surface area contributed by atoms with Crippen molar-refractivity contribution in [3.63, 3.8) is 0 Å². The molecule has 0 aromatic heterocycles. The summed E-state index contributed by atoms with van der Waals surface area (Å²) in [6.45, 7) is 3.80. The molecule has 1 atom stereocenters. The van der Waals surface area contributed by atoms with Gasteiger partial charge in [-0.2, -0.15) is 0 Å². The third kappa shape index (κ3) is 5.47. The van der Waals surface area contributed by atoms with Crippen molar-refractivity contribution < 1.29 is 28.6 Å². The summed E-state index contributed by atoms with van der Waals surface area (Å²) in [7, 11) is 2.85. The zero-order valence-corrected chi connectivity index (χ0v) is 19.1. The number of carbonyl (C=O) groups is 3. The minimum Gasteiger partial charge on any atom is -0.496 e. The molecule has 0 N–H and O–H groups in total. The molecule has 33 heavy (non-hydrogen) atoms. The summed E-state index contributed by atoms with van der Waals surface area (Å²) in [5.74, 6) is -0.926. The van der Waals surface area contributed by atoms with Gasteiger partial charge in [0.25, 0.3) is 0 Å². The molecule has 0 amide bonds. The van der Waals surface area contributed by atoms with Crippen molar-refractivity contribution in [3.05, 3.63) is 88.5 Å². The van der Waals surface area contributed by atoms with E-state index in [1.165, 1.54) is 26.4 Å². The number of ether oxygens (including phenoxy) is 3. The van der Waals surface area contributed by atoms with Gasteiger partial charge in [0.05, 0.1) is 25.3 Å². The predicted molar refractivity (Wildman–Crippen MR) is 126 cm³/mol. The minimum absolute atomic E-state index is 0.0954. The summed E-state index contributed by atoms with van der Waals surface area (Å²) >= 11 is 0. The van der Waals surface area contributed by atoms with Gasteiger partial charge in [-0.3, -0.25) is 9.59 Å². The number of rotatable bonds is 8. The van der Waals surface area contributed by atoms with Gasteiger partial charge < -0.3 is 14.2 Å². The van der Waals surface area contributed by atoms with E-state index in [4.69, 9.17) is 14.2 Å². The average molecular weight is 446 g/mol. The summed E-state index contributed by atoms with van der Waals surface area (Å²) in [6.07, 6.45) is 5.33. The van der Waals surface area contributed by atoms with Gasteiger partial charge >= 0.3 is 5.97 Å². The summed E-state index contributed by atoms with van der Waals surface area (Å²) in [6, 6.07) is 12.5. The van der Waals surface area contributed by atoms with E-state index in [1.54, 1.807) is 18.2 Å². The number of hydrogen-bond donors (Lipinski definition) is 0. The van der Waals surface area contributed by atoms with Crippen LogP contribution in [0.2, 0.25) is 0 Å². The molecule has 0 saturated carbocycles. The average Bonchev–Trinajstić information content (AvgIpc) is 2.82. The first-order valence-corrected chi connectivity index (χ1v) is 10.5. The summed E-state index contributed by atoms with van der Waals surface area (Å²) in [5, 5.41) is 0. The lowest BCUT2D eigenvalue weighted by Gasteiger charge is -2.24. The van der Waals surface area contributed by atoms with Crippen molar-refractivity contribution in [2.24, 2.45) is 0 Å². The topological polar surface area (TPSA) is 78.9 Å². The number of esters is 1. The highest BCUT2D eigenvalue weighted by Gasteiger charge is 2.36. The maximum absolute atomic E-state index is 13.5. The summed E-state index contributed by atoms with van der Waals surface area (Å²) < 4.78 is 16.3. The van der Waals surface area contributed by atoms with Crippen LogP contribution in [0.5, 0.6) is 11.5 Å². The quantitative estimate of drug-likeness (QED) is 0.323. The smallest absolute Gasteiger partial charge is 0.331 e. The highest BCUT2D eigenvalue weighted by molar-refractivity contribution is 6.27. The normalized spacial score (nSPS) is 13.8. The molecule has 0 unspecified atom stereocenters. The summed E-state index contributed by atoms with van der Waals surface area (Å²) in [5.41, 5.74) is 2.17. The number of carbonyl (C=O) groups excluding carboxylic acids is 3. The molecule has 1 aliphatic rings. The van der Waals surface area contributed by atoms with Gasteiger partial charge in [-0.25, -0.2) is 4.79 Å². The molecule has 0 aliphatic heterocycles. The predicted octanol–water partition coefficient (Wildman–Crippen LogP) is 4.99. The van der Waals surface area contributed by atoms with Crippen LogP contribution in [0.15, 0.2) is 71.8 Å². The van der Waals surface area contributed by atoms with Gasteiger partial charge in [0.15, 0.2) is 11.6 Å². The van der Waals surface area contributed by atoms with Crippen molar-refractivity contribution >= 4 is 23.6 Å². The number of Topliss-reactive ketones (excluding diaryl/α,β-unsaturated/α-hetero) is 1. The van der Waals surface area contributed by atoms with Crippen LogP contribution in [-0.2, 0) is 9.53 Å². The Labute approximate surface area is 193 Å².